The number of carbonyl (C=O) groups is 1. The summed E-state index contributed by atoms with van der Waals surface area (Å²) in [6.45, 7) is 1.89. The van der Waals surface area contributed by atoms with Gasteiger partial charge in [-0.3, -0.25) is 0 Å². The zero-order chi connectivity index (χ0) is 22.7. The highest BCUT2D eigenvalue weighted by molar-refractivity contribution is 7.90. The van der Waals surface area contributed by atoms with Gasteiger partial charge >= 0.3 is 6.03 Å². The van der Waals surface area contributed by atoms with Crippen LogP contribution in [0.4, 0.5) is 10.5 Å². The Morgan fingerprint density at radius 1 is 1.06 bits per heavy atom. The highest BCUT2D eigenvalue weighted by Crippen LogP contribution is 2.32. The first-order valence-corrected chi connectivity index (χ1v) is 12.2. The van der Waals surface area contributed by atoms with Crippen molar-refractivity contribution in [3.63, 3.8) is 0 Å². The molecule has 3 aromatic rings. The number of nitrogens with one attached hydrogen (secondary N) is 2. The second-order valence-corrected chi connectivity index (χ2v) is 10.1. The van der Waals surface area contributed by atoms with E-state index in [1.54, 1.807) is 18.2 Å². The topological polar surface area (TPSA) is 95.5 Å². The summed E-state index contributed by atoms with van der Waals surface area (Å²) in [7, 11) is -3.56. The SMILES string of the molecule is CC(NC(=O)Nc1ccc(S(=O)(=O)Cc2ccc3c(c2)C(O)CC3)cc1)c1ccccc1. The average molecular weight is 451 g/mol. The number of sulfone groups is 1. The fraction of sp³-hybridized carbons (Fsp3) is 0.240. The van der Waals surface area contributed by atoms with Crippen molar-refractivity contribution in [3.8, 4) is 0 Å². The number of aliphatic hydroxyl groups is 1. The number of urea groups is 1. The summed E-state index contributed by atoms with van der Waals surface area (Å²) in [5.41, 5.74) is 4.05. The zero-order valence-corrected chi connectivity index (χ0v) is 18.6. The van der Waals surface area contributed by atoms with Crippen molar-refractivity contribution in [1.29, 1.82) is 0 Å². The molecule has 3 aromatic carbocycles. The van der Waals surface area contributed by atoms with Gasteiger partial charge in [0.15, 0.2) is 9.84 Å². The minimum absolute atomic E-state index is 0.144. The standard InChI is InChI=1S/C25H26N2O4S/c1-17(19-5-3-2-4-6-19)26-25(29)27-21-10-12-22(13-11-21)32(30,31)16-18-7-8-20-9-14-24(28)23(20)15-18/h2-8,10-13,15,17,24,28H,9,14,16H2,1H3,(H2,26,27,29). The van der Waals surface area contributed by atoms with Gasteiger partial charge in [-0.1, -0.05) is 48.5 Å². The molecule has 3 N–H and O–H groups in total. The first-order chi connectivity index (χ1) is 15.3. The number of amides is 2. The predicted octanol–water partition coefficient (Wildman–Crippen LogP) is 4.52. The van der Waals surface area contributed by atoms with Crippen LogP contribution in [0.15, 0.2) is 77.7 Å². The summed E-state index contributed by atoms with van der Waals surface area (Å²) in [6.07, 6.45) is 0.974. The molecule has 0 spiro atoms. The number of anilines is 1. The summed E-state index contributed by atoms with van der Waals surface area (Å²) < 4.78 is 25.7. The van der Waals surface area contributed by atoms with E-state index in [9.17, 15) is 18.3 Å². The monoisotopic (exact) mass is 450 g/mol. The first-order valence-electron chi connectivity index (χ1n) is 10.6. The van der Waals surface area contributed by atoms with Gasteiger partial charge in [-0.05, 0) is 66.3 Å². The molecule has 7 heteroatoms. The van der Waals surface area contributed by atoms with E-state index in [1.807, 2.05) is 49.4 Å². The van der Waals surface area contributed by atoms with Crippen LogP contribution in [0.5, 0.6) is 0 Å². The highest BCUT2D eigenvalue weighted by atomic mass is 32.2. The molecule has 0 saturated carbocycles. The van der Waals surface area contributed by atoms with Gasteiger partial charge in [-0.2, -0.15) is 0 Å². The van der Waals surface area contributed by atoms with Crippen LogP contribution in [0.25, 0.3) is 0 Å². The van der Waals surface area contributed by atoms with Gasteiger partial charge in [-0.25, -0.2) is 13.2 Å². The molecule has 0 radical (unpaired) electrons. The summed E-state index contributed by atoms with van der Waals surface area (Å²) in [4.78, 5) is 12.5. The fourth-order valence-electron chi connectivity index (χ4n) is 3.96. The maximum atomic E-state index is 12.9. The smallest absolute Gasteiger partial charge is 0.319 e. The number of aryl methyl sites for hydroxylation is 1. The van der Waals surface area contributed by atoms with E-state index in [0.717, 1.165) is 23.1 Å². The third kappa shape index (κ3) is 5.00. The number of fused-ring (bicyclic) bond motifs is 1. The normalized spacial score (nSPS) is 16.2. The molecule has 32 heavy (non-hydrogen) atoms. The summed E-state index contributed by atoms with van der Waals surface area (Å²) >= 11 is 0. The molecule has 2 atom stereocenters. The Bertz CT molecular complexity index is 1210. The van der Waals surface area contributed by atoms with Gasteiger partial charge in [-0.15, -0.1) is 0 Å². The molecule has 0 aromatic heterocycles. The lowest BCUT2D eigenvalue weighted by molar-refractivity contribution is 0.180. The Balaban J connectivity index is 1.39. The molecule has 4 rings (SSSR count). The lowest BCUT2D eigenvalue weighted by Crippen LogP contribution is -2.31. The van der Waals surface area contributed by atoms with Crippen LogP contribution in [0.2, 0.25) is 0 Å². The molecule has 6 nitrogen and oxygen atoms in total. The molecule has 0 saturated heterocycles. The van der Waals surface area contributed by atoms with Crippen LogP contribution in [0, 0.1) is 0 Å². The van der Waals surface area contributed by atoms with Crippen molar-refractivity contribution >= 4 is 21.6 Å². The van der Waals surface area contributed by atoms with E-state index >= 15 is 0 Å². The van der Waals surface area contributed by atoms with Gasteiger partial charge in [0, 0.05) is 5.69 Å². The Morgan fingerprint density at radius 2 is 1.78 bits per heavy atom. The van der Waals surface area contributed by atoms with Gasteiger partial charge in [0.2, 0.25) is 0 Å². The number of carbonyl (C=O) groups excluding carboxylic acids is 1. The van der Waals surface area contributed by atoms with Crippen LogP contribution in [-0.2, 0) is 22.0 Å². The van der Waals surface area contributed by atoms with E-state index in [2.05, 4.69) is 10.6 Å². The van der Waals surface area contributed by atoms with Crippen LogP contribution in [-0.4, -0.2) is 19.6 Å². The molecule has 1 aliphatic rings. The first kappa shape index (κ1) is 22.0. The molecule has 0 bridgehead atoms. The number of benzene rings is 3. The molecule has 1 aliphatic carbocycles. The predicted molar refractivity (Wildman–Crippen MR) is 124 cm³/mol. The second kappa shape index (κ2) is 9.14. The molecular formula is C25H26N2O4S. The maximum absolute atomic E-state index is 12.9. The largest absolute Gasteiger partial charge is 0.388 e. The summed E-state index contributed by atoms with van der Waals surface area (Å²) in [5.74, 6) is -0.144. The summed E-state index contributed by atoms with van der Waals surface area (Å²) in [6, 6.07) is 20.7. The molecule has 0 heterocycles. The van der Waals surface area contributed by atoms with E-state index in [4.69, 9.17) is 0 Å². The Labute approximate surface area is 188 Å². The number of aliphatic hydroxyl groups excluding tert-OH is 1. The van der Waals surface area contributed by atoms with E-state index in [0.29, 0.717) is 17.7 Å². The Morgan fingerprint density at radius 3 is 2.50 bits per heavy atom. The minimum Gasteiger partial charge on any atom is -0.388 e. The molecule has 166 valence electrons. The van der Waals surface area contributed by atoms with Crippen molar-refractivity contribution in [3.05, 3.63) is 95.1 Å². The Hall–Kier alpha value is -3.16. The second-order valence-electron chi connectivity index (χ2n) is 8.10. The van der Waals surface area contributed by atoms with E-state index < -0.39 is 15.9 Å². The number of rotatable bonds is 6. The van der Waals surface area contributed by atoms with Crippen molar-refractivity contribution < 1.29 is 18.3 Å². The van der Waals surface area contributed by atoms with E-state index in [1.165, 1.54) is 12.1 Å². The fourth-order valence-corrected chi connectivity index (χ4v) is 5.29. The van der Waals surface area contributed by atoms with Crippen LogP contribution in [0.3, 0.4) is 0 Å². The van der Waals surface area contributed by atoms with Gasteiger partial charge < -0.3 is 15.7 Å². The zero-order valence-electron chi connectivity index (χ0n) is 17.8. The molecular weight excluding hydrogens is 424 g/mol. The molecule has 2 amide bonds. The summed E-state index contributed by atoms with van der Waals surface area (Å²) in [5, 5.41) is 15.6. The Kier molecular flexibility index (Phi) is 6.30. The minimum atomic E-state index is -3.56. The molecule has 2 unspecified atom stereocenters. The molecule has 0 aliphatic heterocycles. The van der Waals surface area contributed by atoms with Gasteiger partial charge in [0.25, 0.3) is 0 Å². The number of hydrogen-bond acceptors (Lipinski definition) is 4. The van der Waals surface area contributed by atoms with Crippen molar-refractivity contribution in [1.82, 2.24) is 5.32 Å². The van der Waals surface area contributed by atoms with Crippen LogP contribution in [0.1, 0.15) is 47.7 Å². The van der Waals surface area contributed by atoms with Crippen LogP contribution < -0.4 is 10.6 Å². The lowest BCUT2D eigenvalue weighted by atomic mass is 10.1. The lowest BCUT2D eigenvalue weighted by Gasteiger charge is -2.15. The average Bonchev–Trinajstić information content (AvgIpc) is 3.14. The van der Waals surface area contributed by atoms with E-state index in [-0.39, 0.29) is 22.7 Å². The number of hydrogen-bond donors (Lipinski definition) is 3. The van der Waals surface area contributed by atoms with Crippen LogP contribution >= 0.6 is 0 Å². The third-order valence-electron chi connectivity index (χ3n) is 5.73. The van der Waals surface area contributed by atoms with Gasteiger partial charge in [0.1, 0.15) is 0 Å². The van der Waals surface area contributed by atoms with Gasteiger partial charge in [0.05, 0.1) is 22.8 Å². The molecule has 0 fully saturated rings. The van der Waals surface area contributed by atoms with Crippen molar-refractivity contribution in [2.45, 2.75) is 42.6 Å². The highest BCUT2D eigenvalue weighted by Gasteiger charge is 2.22. The van der Waals surface area contributed by atoms with Crippen molar-refractivity contribution in [2.75, 3.05) is 5.32 Å². The maximum Gasteiger partial charge on any atom is 0.319 e. The third-order valence-corrected chi connectivity index (χ3v) is 7.44. The van der Waals surface area contributed by atoms with Crippen molar-refractivity contribution in [2.24, 2.45) is 0 Å². The quantitative estimate of drug-likeness (QED) is 0.514.